The number of hydrogen-bond donors (Lipinski definition) is 0. The fraction of sp³-hybridized carbons (Fsp3) is 0.333. The van der Waals surface area contributed by atoms with Gasteiger partial charge in [-0.2, -0.15) is 0 Å². The van der Waals surface area contributed by atoms with Crippen LogP contribution in [0, 0.1) is 0 Å². The number of aromatic nitrogens is 1. The molecule has 5 nitrogen and oxygen atoms in total. The highest BCUT2D eigenvalue weighted by molar-refractivity contribution is 6.30. The van der Waals surface area contributed by atoms with Crippen molar-refractivity contribution in [3.8, 4) is 11.3 Å². The van der Waals surface area contributed by atoms with Crippen LogP contribution >= 0.6 is 11.6 Å². The summed E-state index contributed by atoms with van der Waals surface area (Å²) in [7, 11) is 0. The zero-order valence-corrected chi connectivity index (χ0v) is 12.4. The Kier molecular flexibility index (Phi) is 3.84. The molecule has 1 aromatic heterocycles. The second-order valence-electron chi connectivity index (χ2n) is 4.81. The van der Waals surface area contributed by atoms with Crippen molar-refractivity contribution in [1.82, 2.24) is 10.1 Å². The van der Waals surface area contributed by atoms with Crippen molar-refractivity contribution >= 4 is 17.7 Å². The molecule has 0 fully saturated rings. The maximum Gasteiger partial charge on any atom is 0.410 e. The quantitative estimate of drug-likeness (QED) is 0.852. The highest BCUT2D eigenvalue weighted by atomic mass is 35.5. The molecule has 1 amide bonds. The Hall–Kier alpha value is -2.01. The van der Waals surface area contributed by atoms with E-state index in [0.29, 0.717) is 36.9 Å². The molecule has 0 atom stereocenters. The monoisotopic (exact) mass is 306 g/mol. The minimum absolute atomic E-state index is 0.300. The molecule has 2 aromatic rings. The SMILES string of the molecule is CCOC(=O)N1CCc2noc(-c3ccc(Cl)cc3)c2C1. The third kappa shape index (κ3) is 2.74. The summed E-state index contributed by atoms with van der Waals surface area (Å²) >= 11 is 5.90. The van der Waals surface area contributed by atoms with Crippen molar-refractivity contribution in [2.24, 2.45) is 0 Å². The number of halogens is 1. The third-order valence-corrected chi connectivity index (χ3v) is 3.72. The van der Waals surface area contributed by atoms with Crippen LogP contribution in [0.2, 0.25) is 5.02 Å². The zero-order chi connectivity index (χ0) is 14.8. The molecular formula is C15H15ClN2O3. The van der Waals surface area contributed by atoms with Gasteiger partial charge in [0.1, 0.15) is 0 Å². The van der Waals surface area contributed by atoms with Crippen LogP contribution in [-0.2, 0) is 17.7 Å². The van der Waals surface area contributed by atoms with E-state index in [9.17, 15) is 4.79 Å². The van der Waals surface area contributed by atoms with Crippen molar-refractivity contribution < 1.29 is 14.1 Å². The number of benzene rings is 1. The van der Waals surface area contributed by atoms with E-state index in [1.807, 2.05) is 12.1 Å². The molecule has 1 aromatic carbocycles. The van der Waals surface area contributed by atoms with Gasteiger partial charge in [0.25, 0.3) is 0 Å². The van der Waals surface area contributed by atoms with E-state index in [1.54, 1.807) is 24.0 Å². The first-order valence-corrected chi connectivity index (χ1v) is 7.22. The van der Waals surface area contributed by atoms with E-state index in [2.05, 4.69) is 5.16 Å². The Labute approximate surface area is 127 Å². The summed E-state index contributed by atoms with van der Waals surface area (Å²) < 4.78 is 10.5. The molecule has 0 aliphatic carbocycles. The van der Waals surface area contributed by atoms with E-state index >= 15 is 0 Å². The average Bonchev–Trinajstić information content (AvgIpc) is 2.91. The molecule has 0 N–H and O–H groups in total. The first kappa shape index (κ1) is 13.9. The third-order valence-electron chi connectivity index (χ3n) is 3.47. The van der Waals surface area contributed by atoms with Gasteiger partial charge in [-0.05, 0) is 31.2 Å². The lowest BCUT2D eigenvalue weighted by Crippen LogP contribution is -2.36. The Bertz CT molecular complexity index is 651. The number of ether oxygens (including phenoxy) is 1. The number of amides is 1. The Morgan fingerprint density at radius 3 is 2.90 bits per heavy atom. The van der Waals surface area contributed by atoms with Gasteiger partial charge in [0.15, 0.2) is 5.76 Å². The average molecular weight is 307 g/mol. The van der Waals surface area contributed by atoms with E-state index in [1.165, 1.54) is 0 Å². The van der Waals surface area contributed by atoms with Gasteiger partial charge in [0, 0.05) is 29.1 Å². The van der Waals surface area contributed by atoms with Gasteiger partial charge >= 0.3 is 6.09 Å². The van der Waals surface area contributed by atoms with Crippen LogP contribution in [0.5, 0.6) is 0 Å². The molecule has 0 unspecified atom stereocenters. The molecule has 21 heavy (non-hydrogen) atoms. The lowest BCUT2D eigenvalue weighted by molar-refractivity contribution is 0.102. The minimum Gasteiger partial charge on any atom is -0.450 e. The van der Waals surface area contributed by atoms with Crippen LogP contribution in [-0.4, -0.2) is 29.3 Å². The lowest BCUT2D eigenvalue weighted by atomic mass is 10.0. The smallest absolute Gasteiger partial charge is 0.410 e. The summed E-state index contributed by atoms with van der Waals surface area (Å²) in [6.07, 6.45) is 0.372. The summed E-state index contributed by atoms with van der Waals surface area (Å²) in [5.41, 5.74) is 2.75. The van der Waals surface area contributed by atoms with E-state index < -0.39 is 0 Å². The predicted molar refractivity (Wildman–Crippen MR) is 78.1 cm³/mol. The van der Waals surface area contributed by atoms with Gasteiger partial charge in [-0.25, -0.2) is 4.79 Å². The number of fused-ring (bicyclic) bond motifs is 1. The minimum atomic E-state index is -0.300. The highest BCUT2D eigenvalue weighted by Crippen LogP contribution is 2.31. The highest BCUT2D eigenvalue weighted by Gasteiger charge is 2.27. The first-order valence-electron chi connectivity index (χ1n) is 6.84. The molecule has 3 rings (SSSR count). The maximum absolute atomic E-state index is 11.9. The summed E-state index contributed by atoms with van der Waals surface area (Å²) in [6.45, 7) is 3.22. The maximum atomic E-state index is 11.9. The molecule has 1 aliphatic heterocycles. The largest absolute Gasteiger partial charge is 0.450 e. The molecular weight excluding hydrogens is 292 g/mol. The van der Waals surface area contributed by atoms with Gasteiger partial charge < -0.3 is 14.2 Å². The van der Waals surface area contributed by atoms with Gasteiger partial charge in [-0.15, -0.1) is 0 Å². The molecule has 2 heterocycles. The van der Waals surface area contributed by atoms with Crippen LogP contribution in [0.15, 0.2) is 28.8 Å². The topological polar surface area (TPSA) is 55.6 Å². The second kappa shape index (κ2) is 5.77. The summed E-state index contributed by atoms with van der Waals surface area (Å²) in [4.78, 5) is 13.5. The van der Waals surface area contributed by atoms with E-state index in [0.717, 1.165) is 16.8 Å². The molecule has 0 spiro atoms. The van der Waals surface area contributed by atoms with Crippen molar-refractivity contribution in [2.75, 3.05) is 13.2 Å². The summed E-state index contributed by atoms with van der Waals surface area (Å²) in [6, 6.07) is 7.37. The van der Waals surface area contributed by atoms with Crippen molar-refractivity contribution in [1.29, 1.82) is 0 Å². The second-order valence-corrected chi connectivity index (χ2v) is 5.25. The van der Waals surface area contributed by atoms with Crippen LogP contribution in [0.1, 0.15) is 18.2 Å². The number of rotatable bonds is 2. The molecule has 0 saturated heterocycles. The molecule has 0 bridgehead atoms. The number of hydrogen-bond acceptors (Lipinski definition) is 4. The summed E-state index contributed by atoms with van der Waals surface area (Å²) in [5, 5.41) is 4.78. The van der Waals surface area contributed by atoms with E-state index in [4.69, 9.17) is 20.9 Å². The number of carbonyl (C=O) groups is 1. The van der Waals surface area contributed by atoms with Crippen molar-refractivity contribution in [3.05, 3.63) is 40.5 Å². The van der Waals surface area contributed by atoms with Crippen molar-refractivity contribution in [2.45, 2.75) is 19.9 Å². The lowest BCUT2D eigenvalue weighted by Gasteiger charge is -2.25. The van der Waals surface area contributed by atoms with Gasteiger partial charge in [0.05, 0.1) is 18.8 Å². The Morgan fingerprint density at radius 1 is 1.43 bits per heavy atom. The molecule has 1 aliphatic rings. The van der Waals surface area contributed by atoms with Crippen molar-refractivity contribution in [3.63, 3.8) is 0 Å². The Morgan fingerprint density at radius 2 is 2.19 bits per heavy atom. The fourth-order valence-electron chi connectivity index (χ4n) is 2.41. The predicted octanol–water partition coefficient (Wildman–Crippen LogP) is 3.51. The summed E-state index contributed by atoms with van der Waals surface area (Å²) in [5.74, 6) is 0.690. The van der Waals surface area contributed by atoms with Crippen LogP contribution in [0.4, 0.5) is 4.79 Å². The van der Waals surface area contributed by atoms with Crippen LogP contribution in [0.25, 0.3) is 11.3 Å². The molecule has 0 radical (unpaired) electrons. The molecule has 110 valence electrons. The first-order chi connectivity index (χ1) is 10.2. The molecule has 6 heteroatoms. The van der Waals surface area contributed by atoms with Crippen LogP contribution < -0.4 is 0 Å². The zero-order valence-electron chi connectivity index (χ0n) is 11.6. The standard InChI is InChI=1S/C15H15ClN2O3/c1-2-20-15(19)18-8-7-13-12(9-18)14(21-17-13)10-3-5-11(16)6-4-10/h3-6H,2,7-9H2,1H3. The molecule has 0 saturated carbocycles. The number of carbonyl (C=O) groups excluding carboxylic acids is 1. The number of nitrogens with zero attached hydrogens (tertiary/aromatic N) is 2. The van der Waals surface area contributed by atoms with E-state index in [-0.39, 0.29) is 6.09 Å². The van der Waals surface area contributed by atoms with Gasteiger partial charge in [-0.1, -0.05) is 16.8 Å². The Balaban J connectivity index is 1.89. The van der Waals surface area contributed by atoms with Gasteiger partial charge in [-0.3, -0.25) is 0 Å². The normalized spacial score (nSPS) is 13.9. The fourth-order valence-corrected chi connectivity index (χ4v) is 2.54. The van der Waals surface area contributed by atoms with Crippen LogP contribution in [0.3, 0.4) is 0 Å². The van der Waals surface area contributed by atoms with Gasteiger partial charge in [0.2, 0.25) is 0 Å².